The van der Waals surface area contributed by atoms with Crippen LogP contribution in [-0.4, -0.2) is 28.3 Å². The third kappa shape index (κ3) is 1.88. The molecule has 16 heavy (non-hydrogen) atoms. The van der Waals surface area contributed by atoms with E-state index in [0.29, 0.717) is 5.82 Å². The van der Waals surface area contributed by atoms with Gasteiger partial charge in [-0.05, 0) is 13.0 Å². The largest absolute Gasteiger partial charge is 0.367 e. The molecule has 2 N–H and O–H groups in total. The van der Waals surface area contributed by atoms with Crippen LogP contribution in [0.3, 0.4) is 0 Å². The first-order valence-electron chi connectivity index (χ1n) is 5.34. The molecular formula is C10H16N4O2. The molecule has 1 saturated heterocycles. The average molecular weight is 224 g/mol. The highest BCUT2D eigenvalue weighted by Crippen LogP contribution is 2.06. The van der Waals surface area contributed by atoms with Crippen LogP contribution >= 0.6 is 0 Å². The molecule has 0 aromatic carbocycles. The van der Waals surface area contributed by atoms with Crippen molar-refractivity contribution in [3.05, 3.63) is 26.9 Å². The van der Waals surface area contributed by atoms with Crippen molar-refractivity contribution in [1.82, 2.24) is 14.5 Å². The Bertz CT molecular complexity index is 497. The highest BCUT2D eigenvalue weighted by molar-refractivity contribution is 5.35. The minimum atomic E-state index is -0.305. The summed E-state index contributed by atoms with van der Waals surface area (Å²) in [6.45, 7) is 1.83. The first kappa shape index (κ1) is 10.9. The van der Waals surface area contributed by atoms with Crippen LogP contribution in [0.1, 0.15) is 6.42 Å². The highest BCUT2D eigenvalue weighted by atomic mass is 16.2. The summed E-state index contributed by atoms with van der Waals surface area (Å²) in [5.41, 5.74) is -0.586. The lowest BCUT2D eigenvalue weighted by Crippen LogP contribution is -2.38. The summed E-state index contributed by atoms with van der Waals surface area (Å²) in [5, 5.41) is 6.42. The lowest BCUT2D eigenvalue weighted by Gasteiger charge is -2.16. The topological polar surface area (TPSA) is 68.1 Å². The van der Waals surface area contributed by atoms with Crippen LogP contribution in [0.2, 0.25) is 0 Å². The van der Waals surface area contributed by atoms with Crippen molar-refractivity contribution < 1.29 is 0 Å². The van der Waals surface area contributed by atoms with Crippen molar-refractivity contribution in [3.8, 4) is 0 Å². The van der Waals surface area contributed by atoms with Gasteiger partial charge in [0.25, 0.3) is 5.56 Å². The van der Waals surface area contributed by atoms with E-state index in [1.165, 1.54) is 17.7 Å². The van der Waals surface area contributed by atoms with Crippen LogP contribution < -0.4 is 21.9 Å². The molecule has 1 aromatic heterocycles. The molecule has 2 rings (SSSR count). The molecule has 1 aliphatic rings. The maximum Gasteiger partial charge on any atom is 0.332 e. The summed E-state index contributed by atoms with van der Waals surface area (Å²) in [4.78, 5) is 23.1. The van der Waals surface area contributed by atoms with Gasteiger partial charge in [0, 0.05) is 32.7 Å². The van der Waals surface area contributed by atoms with E-state index < -0.39 is 0 Å². The van der Waals surface area contributed by atoms with Crippen LogP contribution in [0.25, 0.3) is 0 Å². The van der Waals surface area contributed by atoms with Gasteiger partial charge in [0.2, 0.25) is 0 Å². The Kier molecular flexibility index (Phi) is 2.82. The van der Waals surface area contributed by atoms with E-state index in [9.17, 15) is 9.59 Å². The zero-order valence-corrected chi connectivity index (χ0v) is 9.49. The van der Waals surface area contributed by atoms with Crippen molar-refractivity contribution in [2.45, 2.75) is 12.5 Å². The first-order valence-corrected chi connectivity index (χ1v) is 5.34. The Balaban J connectivity index is 2.34. The number of hydrogen-bond acceptors (Lipinski definition) is 4. The zero-order chi connectivity index (χ0) is 11.7. The second-order valence-electron chi connectivity index (χ2n) is 4.10. The van der Waals surface area contributed by atoms with E-state index in [4.69, 9.17) is 0 Å². The molecular weight excluding hydrogens is 208 g/mol. The minimum absolute atomic E-state index is 0.281. The van der Waals surface area contributed by atoms with Crippen molar-refractivity contribution in [3.63, 3.8) is 0 Å². The number of nitrogens with zero attached hydrogens (tertiary/aromatic N) is 2. The molecule has 1 aromatic rings. The lowest BCUT2D eigenvalue weighted by atomic mass is 10.2. The summed E-state index contributed by atoms with van der Waals surface area (Å²) < 4.78 is 2.55. The van der Waals surface area contributed by atoms with Gasteiger partial charge in [-0.25, -0.2) is 4.79 Å². The number of nitrogens with one attached hydrogen (secondary N) is 2. The summed E-state index contributed by atoms with van der Waals surface area (Å²) in [5.74, 6) is 0.585. The molecule has 6 heteroatoms. The molecule has 1 atom stereocenters. The first-order chi connectivity index (χ1) is 7.59. The monoisotopic (exact) mass is 224 g/mol. The average Bonchev–Trinajstić information content (AvgIpc) is 2.76. The van der Waals surface area contributed by atoms with Crippen LogP contribution in [-0.2, 0) is 14.1 Å². The zero-order valence-electron chi connectivity index (χ0n) is 9.49. The molecule has 0 spiro atoms. The van der Waals surface area contributed by atoms with Crippen molar-refractivity contribution in [1.29, 1.82) is 0 Å². The number of rotatable bonds is 2. The molecule has 0 aliphatic carbocycles. The Labute approximate surface area is 92.9 Å². The van der Waals surface area contributed by atoms with Gasteiger partial charge in [0.1, 0.15) is 5.82 Å². The van der Waals surface area contributed by atoms with E-state index in [-0.39, 0.29) is 17.3 Å². The maximum atomic E-state index is 11.7. The Hall–Kier alpha value is -1.56. The smallest absolute Gasteiger partial charge is 0.332 e. The van der Waals surface area contributed by atoms with Gasteiger partial charge < -0.3 is 10.6 Å². The third-order valence-electron chi connectivity index (χ3n) is 2.94. The highest BCUT2D eigenvalue weighted by Gasteiger charge is 2.15. The van der Waals surface area contributed by atoms with Gasteiger partial charge in [-0.1, -0.05) is 0 Å². The van der Waals surface area contributed by atoms with Crippen molar-refractivity contribution in [2.24, 2.45) is 14.1 Å². The number of hydrogen-bond donors (Lipinski definition) is 2. The van der Waals surface area contributed by atoms with E-state index in [1.807, 2.05) is 0 Å². The summed E-state index contributed by atoms with van der Waals surface area (Å²) in [6.07, 6.45) is 1.00. The molecule has 0 saturated carbocycles. The predicted molar refractivity (Wildman–Crippen MR) is 61.8 cm³/mol. The molecule has 0 radical (unpaired) electrons. The minimum Gasteiger partial charge on any atom is -0.367 e. The molecule has 0 amide bonds. The van der Waals surface area contributed by atoms with Gasteiger partial charge in [0.05, 0.1) is 0 Å². The van der Waals surface area contributed by atoms with Crippen LogP contribution in [0.4, 0.5) is 5.82 Å². The second kappa shape index (κ2) is 4.13. The van der Waals surface area contributed by atoms with Gasteiger partial charge in [0.15, 0.2) is 0 Å². The number of aromatic nitrogens is 2. The lowest BCUT2D eigenvalue weighted by molar-refractivity contribution is 0.676. The SMILES string of the molecule is Cn1c(N[C@@H]2CCNC2)cc(=O)n(C)c1=O. The molecule has 0 bridgehead atoms. The quantitative estimate of drug-likeness (QED) is 0.666. The second-order valence-corrected chi connectivity index (χ2v) is 4.10. The molecule has 1 fully saturated rings. The third-order valence-corrected chi connectivity index (χ3v) is 2.94. The fourth-order valence-corrected chi connectivity index (χ4v) is 1.86. The van der Waals surface area contributed by atoms with Crippen LogP contribution in [0, 0.1) is 0 Å². The number of anilines is 1. The van der Waals surface area contributed by atoms with Crippen molar-refractivity contribution >= 4 is 5.82 Å². The summed E-state index contributed by atoms with van der Waals surface area (Å²) in [7, 11) is 3.14. The fourth-order valence-electron chi connectivity index (χ4n) is 1.86. The van der Waals surface area contributed by atoms with Crippen molar-refractivity contribution in [2.75, 3.05) is 18.4 Å². The van der Waals surface area contributed by atoms with Gasteiger partial charge >= 0.3 is 5.69 Å². The Morgan fingerprint density at radius 3 is 2.75 bits per heavy atom. The van der Waals surface area contributed by atoms with Crippen LogP contribution in [0.5, 0.6) is 0 Å². The fraction of sp³-hybridized carbons (Fsp3) is 0.600. The predicted octanol–water partition coefficient (Wildman–Crippen LogP) is -1.14. The molecule has 6 nitrogen and oxygen atoms in total. The van der Waals surface area contributed by atoms with Gasteiger partial charge in [-0.3, -0.25) is 13.9 Å². The summed E-state index contributed by atoms with van der Waals surface area (Å²) >= 11 is 0. The van der Waals surface area contributed by atoms with E-state index in [2.05, 4.69) is 10.6 Å². The van der Waals surface area contributed by atoms with E-state index in [1.54, 1.807) is 7.05 Å². The summed E-state index contributed by atoms with van der Waals surface area (Å²) in [6, 6.07) is 1.75. The van der Waals surface area contributed by atoms with Gasteiger partial charge in [-0.15, -0.1) is 0 Å². The normalized spacial score (nSPS) is 20.0. The molecule has 1 aliphatic heterocycles. The van der Waals surface area contributed by atoms with Crippen LogP contribution in [0.15, 0.2) is 15.7 Å². The molecule has 88 valence electrons. The van der Waals surface area contributed by atoms with Gasteiger partial charge in [-0.2, -0.15) is 0 Å². The Morgan fingerprint density at radius 2 is 2.12 bits per heavy atom. The maximum absolute atomic E-state index is 11.7. The van der Waals surface area contributed by atoms with E-state index in [0.717, 1.165) is 24.1 Å². The standard InChI is InChI=1S/C10H16N4O2/c1-13-8(12-7-3-4-11-6-7)5-9(15)14(2)10(13)16/h5,7,11-12H,3-4,6H2,1-2H3/t7-/m1/s1. The molecule has 2 heterocycles. The van der Waals surface area contributed by atoms with E-state index >= 15 is 0 Å². The molecule has 0 unspecified atom stereocenters. The Morgan fingerprint density at radius 1 is 1.38 bits per heavy atom.